The lowest BCUT2D eigenvalue weighted by Crippen LogP contribution is -2.46. The number of benzene rings is 2. The maximum Gasteiger partial charge on any atom is 0.222 e. The molecule has 2 aliphatic rings. The molecule has 2 aliphatic heterocycles. The van der Waals surface area contributed by atoms with Crippen molar-refractivity contribution in [2.75, 3.05) is 39.8 Å². The average Bonchev–Trinajstić information content (AvgIpc) is 3.20. The van der Waals surface area contributed by atoms with Gasteiger partial charge in [-0.1, -0.05) is 42.5 Å². The number of nitrogens with zero attached hydrogens (tertiary/aromatic N) is 2. The number of hydrogen-bond donors (Lipinski definition) is 0. The molecule has 0 unspecified atom stereocenters. The van der Waals surface area contributed by atoms with Gasteiger partial charge in [-0.05, 0) is 61.9 Å². The maximum atomic E-state index is 12.8. The highest BCUT2D eigenvalue weighted by Gasteiger charge is 2.42. The minimum Gasteiger partial charge on any atom is -0.497 e. The number of carbonyl (C=O) groups is 1. The van der Waals surface area contributed by atoms with Crippen molar-refractivity contribution >= 4 is 5.91 Å². The molecule has 0 N–H and O–H groups in total. The van der Waals surface area contributed by atoms with Crippen LogP contribution in [-0.4, -0.2) is 55.5 Å². The molecule has 4 rings (SSSR count). The summed E-state index contributed by atoms with van der Waals surface area (Å²) in [6.45, 7) is 5.32. The third-order valence-corrected chi connectivity index (χ3v) is 6.88. The van der Waals surface area contributed by atoms with Gasteiger partial charge in [0.25, 0.3) is 0 Å². The lowest BCUT2D eigenvalue weighted by Gasteiger charge is -2.40. The van der Waals surface area contributed by atoms with Crippen LogP contribution in [0.4, 0.5) is 0 Å². The van der Waals surface area contributed by atoms with E-state index in [-0.39, 0.29) is 0 Å². The van der Waals surface area contributed by atoms with E-state index in [4.69, 9.17) is 4.74 Å². The first-order chi connectivity index (χ1) is 14.7. The Morgan fingerprint density at radius 1 is 0.933 bits per heavy atom. The molecule has 160 valence electrons. The Balaban J connectivity index is 1.26. The van der Waals surface area contributed by atoms with Crippen LogP contribution in [-0.2, 0) is 17.6 Å². The van der Waals surface area contributed by atoms with Gasteiger partial charge in [-0.25, -0.2) is 0 Å². The van der Waals surface area contributed by atoms with Crippen molar-refractivity contribution in [2.24, 2.45) is 5.41 Å². The van der Waals surface area contributed by atoms with Crippen LogP contribution in [0.3, 0.4) is 0 Å². The molecule has 4 nitrogen and oxygen atoms in total. The summed E-state index contributed by atoms with van der Waals surface area (Å²) >= 11 is 0. The van der Waals surface area contributed by atoms with Gasteiger partial charge in [-0.15, -0.1) is 0 Å². The van der Waals surface area contributed by atoms with Crippen molar-refractivity contribution in [3.63, 3.8) is 0 Å². The van der Waals surface area contributed by atoms with E-state index in [2.05, 4.69) is 52.3 Å². The number of rotatable bonds is 7. The molecule has 30 heavy (non-hydrogen) atoms. The van der Waals surface area contributed by atoms with Crippen LogP contribution >= 0.6 is 0 Å². The van der Waals surface area contributed by atoms with Gasteiger partial charge in [-0.2, -0.15) is 0 Å². The molecule has 0 bridgehead atoms. The van der Waals surface area contributed by atoms with Gasteiger partial charge in [0.2, 0.25) is 5.91 Å². The van der Waals surface area contributed by atoms with Gasteiger partial charge in [0.05, 0.1) is 7.11 Å². The van der Waals surface area contributed by atoms with Gasteiger partial charge in [0, 0.05) is 38.0 Å². The smallest absolute Gasteiger partial charge is 0.222 e. The van der Waals surface area contributed by atoms with E-state index in [0.29, 0.717) is 17.7 Å². The fourth-order valence-electron chi connectivity index (χ4n) is 5.12. The molecular weight excluding hydrogens is 372 g/mol. The second-order valence-electron chi connectivity index (χ2n) is 9.03. The molecular formula is C26H34N2O2. The molecule has 1 amide bonds. The summed E-state index contributed by atoms with van der Waals surface area (Å²) in [5, 5.41) is 0. The molecule has 0 aromatic heterocycles. The highest BCUT2D eigenvalue weighted by atomic mass is 16.5. The van der Waals surface area contributed by atoms with E-state index in [1.807, 2.05) is 12.1 Å². The molecule has 2 aromatic rings. The van der Waals surface area contributed by atoms with Gasteiger partial charge < -0.3 is 14.5 Å². The predicted octanol–water partition coefficient (Wildman–Crippen LogP) is 4.19. The first kappa shape index (κ1) is 20.9. The van der Waals surface area contributed by atoms with E-state index in [0.717, 1.165) is 51.2 Å². The summed E-state index contributed by atoms with van der Waals surface area (Å²) in [4.78, 5) is 17.6. The monoisotopic (exact) mass is 406 g/mol. The van der Waals surface area contributed by atoms with Crippen LogP contribution in [0.15, 0.2) is 54.6 Å². The van der Waals surface area contributed by atoms with Crippen molar-refractivity contribution in [1.29, 1.82) is 0 Å². The van der Waals surface area contributed by atoms with Crippen molar-refractivity contribution in [1.82, 2.24) is 9.80 Å². The van der Waals surface area contributed by atoms with E-state index >= 15 is 0 Å². The van der Waals surface area contributed by atoms with E-state index < -0.39 is 0 Å². The SMILES string of the molecule is COc1ccc(CCC(=O)N2CC[C@@]3(CCCN(CCc4ccccc4)C3)C2)cc1. The predicted molar refractivity (Wildman–Crippen MR) is 121 cm³/mol. The molecule has 4 heteroatoms. The molecule has 1 spiro atoms. The second kappa shape index (κ2) is 9.65. The average molecular weight is 407 g/mol. The summed E-state index contributed by atoms with van der Waals surface area (Å²) < 4.78 is 5.21. The summed E-state index contributed by atoms with van der Waals surface area (Å²) in [5.74, 6) is 1.17. The Bertz CT molecular complexity index is 821. The number of aryl methyl sites for hydroxylation is 1. The first-order valence-corrected chi connectivity index (χ1v) is 11.3. The number of amides is 1. The summed E-state index contributed by atoms with van der Waals surface area (Å²) in [5.41, 5.74) is 2.92. The minimum atomic E-state index is 0.309. The van der Waals surface area contributed by atoms with E-state index in [1.54, 1.807) is 7.11 Å². The zero-order chi connectivity index (χ0) is 20.8. The zero-order valence-electron chi connectivity index (χ0n) is 18.2. The molecule has 2 saturated heterocycles. The first-order valence-electron chi connectivity index (χ1n) is 11.3. The van der Waals surface area contributed by atoms with Crippen LogP contribution in [0, 0.1) is 5.41 Å². The van der Waals surface area contributed by atoms with Gasteiger partial charge in [0.15, 0.2) is 0 Å². The Labute approximate surface area is 180 Å². The number of carbonyl (C=O) groups excluding carboxylic acids is 1. The Hall–Kier alpha value is -2.33. The maximum absolute atomic E-state index is 12.8. The van der Waals surface area contributed by atoms with Crippen LogP contribution in [0.2, 0.25) is 0 Å². The summed E-state index contributed by atoms with van der Waals surface area (Å²) in [7, 11) is 1.68. The zero-order valence-corrected chi connectivity index (χ0v) is 18.2. The van der Waals surface area contributed by atoms with Gasteiger partial charge in [-0.3, -0.25) is 4.79 Å². The second-order valence-corrected chi connectivity index (χ2v) is 9.03. The Morgan fingerprint density at radius 2 is 1.70 bits per heavy atom. The van der Waals surface area contributed by atoms with E-state index in [9.17, 15) is 4.79 Å². The number of methoxy groups -OCH3 is 1. The fraction of sp³-hybridized carbons (Fsp3) is 0.500. The van der Waals surface area contributed by atoms with Crippen molar-refractivity contribution in [2.45, 2.75) is 38.5 Å². The fourth-order valence-corrected chi connectivity index (χ4v) is 5.12. The summed E-state index contributed by atoms with van der Waals surface area (Å²) in [6.07, 6.45) is 6.18. The topological polar surface area (TPSA) is 32.8 Å². The van der Waals surface area contributed by atoms with Crippen LogP contribution in [0.5, 0.6) is 5.75 Å². The highest BCUT2D eigenvalue weighted by molar-refractivity contribution is 5.76. The molecule has 0 aliphatic carbocycles. The molecule has 2 fully saturated rings. The van der Waals surface area contributed by atoms with Crippen LogP contribution < -0.4 is 4.74 Å². The van der Waals surface area contributed by atoms with Crippen molar-refractivity contribution in [3.8, 4) is 5.75 Å². The van der Waals surface area contributed by atoms with Crippen LogP contribution in [0.1, 0.15) is 36.8 Å². The number of ether oxygens (including phenoxy) is 1. The minimum absolute atomic E-state index is 0.309. The molecule has 0 radical (unpaired) electrons. The molecule has 1 atom stereocenters. The standard InChI is InChI=1S/C26H34N2O2/c1-30-24-11-8-23(9-12-24)10-13-25(29)28-19-16-26(21-28)15-5-17-27(20-26)18-14-22-6-3-2-4-7-22/h2-4,6-9,11-12H,5,10,13-21H2,1H3/t26-/m1/s1. The van der Waals surface area contributed by atoms with E-state index in [1.165, 1.54) is 30.5 Å². The third-order valence-electron chi connectivity index (χ3n) is 6.88. The number of likely N-dealkylation sites (tertiary alicyclic amines) is 2. The normalized spacial score (nSPS) is 21.8. The number of piperidine rings is 1. The molecule has 2 heterocycles. The van der Waals surface area contributed by atoms with Crippen molar-refractivity contribution in [3.05, 3.63) is 65.7 Å². The largest absolute Gasteiger partial charge is 0.497 e. The molecule has 2 aromatic carbocycles. The van der Waals surface area contributed by atoms with Crippen molar-refractivity contribution < 1.29 is 9.53 Å². The number of hydrogen-bond acceptors (Lipinski definition) is 3. The Kier molecular flexibility index (Phi) is 6.73. The van der Waals surface area contributed by atoms with Gasteiger partial charge >= 0.3 is 0 Å². The van der Waals surface area contributed by atoms with Gasteiger partial charge in [0.1, 0.15) is 5.75 Å². The quantitative estimate of drug-likeness (QED) is 0.691. The summed E-state index contributed by atoms with van der Waals surface area (Å²) in [6, 6.07) is 18.8. The lowest BCUT2D eigenvalue weighted by atomic mass is 9.79. The lowest BCUT2D eigenvalue weighted by molar-refractivity contribution is -0.130. The highest BCUT2D eigenvalue weighted by Crippen LogP contribution is 2.39. The Morgan fingerprint density at radius 3 is 2.47 bits per heavy atom. The third kappa shape index (κ3) is 5.23. The van der Waals surface area contributed by atoms with Crippen LogP contribution in [0.25, 0.3) is 0 Å². The molecule has 0 saturated carbocycles.